The van der Waals surface area contributed by atoms with E-state index < -0.39 is 12.6 Å². The maximum Gasteiger partial charge on any atom is 0.119 e. The van der Waals surface area contributed by atoms with Crippen molar-refractivity contribution in [1.29, 1.82) is 0 Å². The van der Waals surface area contributed by atoms with Crippen LogP contribution >= 0.6 is 0 Å². The van der Waals surface area contributed by atoms with Gasteiger partial charge in [-0.25, -0.2) is 0 Å². The van der Waals surface area contributed by atoms with Gasteiger partial charge in [-0.1, -0.05) is 36.4 Å². The van der Waals surface area contributed by atoms with Crippen LogP contribution in [0.15, 0.2) is 48.5 Å². The topological polar surface area (TPSA) is 55.5 Å². The highest BCUT2D eigenvalue weighted by molar-refractivity contribution is 5.70. The fourth-order valence-electron chi connectivity index (χ4n) is 1.83. The molecule has 0 aliphatic heterocycles. The predicted molar refractivity (Wildman–Crippen MR) is 88.3 cm³/mol. The molecule has 0 radical (unpaired) electrons. The minimum absolute atomic E-state index is 0.174. The molecule has 0 fully saturated rings. The number of hydrogen-bond acceptors (Lipinski definition) is 3. The van der Waals surface area contributed by atoms with Crippen LogP contribution in [0.4, 0.5) is 10.1 Å². The second kappa shape index (κ2) is 8.20. The van der Waals surface area contributed by atoms with Crippen molar-refractivity contribution in [3.8, 4) is 5.75 Å². The SMILES string of the molecule is Nc1ccc(/C=C/c2ccc(OC[C@H](CO)CF)cc2)cc1. The number of nitrogen functional groups attached to an aromatic ring is 1. The summed E-state index contributed by atoms with van der Waals surface area (Å²) in [6, 6.07) is 15.1. The first-order chi connectivity index (χ1) is 10.7. The number of halogens is 1. The van der Waals surface area contributed by atoms with Crippen LogP contribution in [0.3, 0.4) is 0 Å². The molecule has 116 valence electrons. The zero-order chi connectivity index (χ0) is 15.8. The van der Waals surface area contributed by atoms with E-state index in [4.69, 9.17) is 15.6 Å². The van der Waals surface area contributed by atoms with E-state index in [0.717, 1.165) is 16.8 Å². The number of alkyl halides is 1. The molecule has 2 aromatic rings. The van der Waals surface area contributed by atoms with Gasteiger partial charge in [-0.05, 0) is 35.4 Å². The molecule has 0 saturated carbocycles. The van der Waals surface area contributed by atoms with Crippen molar-refractivity contribution in [3.63, 3.8) is 0 Å². The monoisotopic (exact) mass is 301 g/mol. The van der Waals surface area contributed by atoms with Gasteiger partial charge >= 0.3 is 0 Å². The lowest BCUT2D eigenvalue weighted by Crippen LogP contribution is -2.17. The Morgan fingerprint density at radius 2 is 1.55 bits per heavy atom. The van der Waals surface area contributed by atoms with Gasteiger partial charge in [0.05, 0.1) is 19.9 Å². The molecule has 3 N–H and O–H groups in total. The van der Waals surface area contributed by atoms with Crippen LogP contribution in [-0.4, -0.2) is 25.0 Å². The maximum atomic E-state index is 12.5. The molecule has 0 unspecified atom stereocenters. The molecule has 0 spiro atoms. The quantitative estimate of drug-likeness (QED) is 0.609. The average Bonchev–Trinajstić information content (AvgIpc) is 2.56. The van der Waals surface area contributed by atoms with Crippen LogP contribution < -0.4 is 10.5 Å². The van der Waals surface area contributed by atoms with Crippen LogP contribution in [0.1, 0.15) is 11.1 Å². The number of aliphatic hydroxyl groups excluding tert-OH is 1. The molecule has 1 atom stereocenters. The minimum Gasteiger partial charge on any atom is -0.493 e. The van der Waals surface area contributed by atoms with Gasteiger partial charge in [-0.3, -0.25) is 4.39 Å². The standard InChI is InChI=1S/C18H20FNO2/c19-11-16(12-21)13-22-18-9-5-15(6-10-18)2-1-14-3-7-17(20)8-4-14/h1-10,16,21H,11-13,20H2/b2-1+/t16-/m0/s1. The molecule has 0 bridgehead atoms. The lowest BCUT2D eigenvalue weighted by molar-refractivity contribution is 0.140. The lowest BCUT2D eigenvalue weighted by atomic mass is 10.1. The molecule has 0 saturated heterocycles. The molecule has 0 aliphatic rings. The zero-order valence-corrected chi connectivity index (χ0v) is 12.3. The summed E-state index contributed by atoms with van der Waals surface area (Å²) in [4.78, 5) is 0. The molecule has 0 amide bonds. The number of ether oxygens (including phenoxy) is 1. The number of nitrogens with two attached hydrogens (primary N) is 1. The van der Waals surface area contributed by atoms with E-state index in [1.54, 1.807) is 0 Å². The van der Waals surface area contributed by atoms with Crippen molar-refractivity contribution in [1.82, 2.24) is 0 Å². The number of rotatable bonds is 7. The third-order valence-electron chi connectivity index (χ3n) is 3.25. The van der Waals surface area contributed by atoms with Crippen molar-refractivity contribution in [2.24, 2.45) is 5.92 Å². The fourth-order valence-corrected chi connectivity index (χ4v) is 1.83. The van der Waals surface area contributed by atoms with Gasteiger partial charge < -0.3 is 15.6 Å². The van der Waals surface area contributed by atoms with E-state index in [-0.39, 0.29) is 13.2 Å². The normalized spacial score (nSPS) is 12.5. The Bertz CT molecular complexity index is 589. The van der Waals surface area contributed by atoms with Gasteiger partial charge in [0.2, 0.25) is 0 Å². The molecular formula is C18H20FNO2. The Morgan fingerprint density at radius 3 is 2.05 bits per heavy atom. The molecule has 3 nitrogen and oxygen atoms in total. The van der Waals surface area contributed by atoms with Crippen LogP contribution in [-0.2, 0) is 0 Å². The van der Waals surface area contributed by atoms with Crippen LogP contribution in [0, 0.1) is 5.92 Å². The number of benzene rings is 2. The van der Waals surface area contributed by atoms with Crippen molar-refractivity contribution in [3.05, 3.63) is 59.7 Å². The number of hydrogen-bond donors (Lipinski definition) is 2. The molecule has 22 heavy (non-hydrogen) atoms. The predicted octanol–water partition coefficient (Wildman–Crippen LogP) is 3.40. The van der Waals surface area contributed by atoms with Gasteiger partial charge in [0.15, 0.2) is 0 Å². The third kappa shape index (κ3) is 4.90. The van der Waals surface area contributed by atoms with Gasteiger partial charge in [0.25, 0.3) is 0 Å². The molecule has 0 aromatic heterocycles. The van der Waals surface area contributed by atoms with E-state index in [1.165, 1.54) is 0 Å². The molecule has 4 heteroatoms. The minimum atomic E-state index is -0.584. The second-order valence-electron chi connectivity index (χ2n) is 5.08. The van der Waals surface area contributed by atoms with E-state index in [0.29, 0.717) is 5.75 Å². The van der Waals surface area contributed by atoms with Gasteiger partial charge in [0, 0.05) is 11.6 Å². The van der Waals surface area contributed by atoms with E-state index in [9.17, 15) is 4.39 Å². The zero-order valence-electron chi connectivity index (χ0n) is 12.3. The fraction of sp³-hybridized carbons (Fsp3) is 0.222. The second-order valence-corrected chi connectivity index (χ2v) is 5.08. The summed E-state index contributed by atoms with van der Waals surface area (Å²) in [6.45, 7) is -0.620. The van der Waals surface area contributed by atoms with Crippen LogP contribution in [0.2, 0.25) is 0 Å². The van der Waals surface area contributed by atoms with Gasteiger partial charge in [-0.2, -0.15) is 0 Å². The Labute approximate surface area is 129 Å². The van der Waals surface area contributed by atoms with E-state index in [2.05, 4.69) is 0 Å². The molecule has 2 rings (SSSR count). The Balaban J connectivity index is 1.92. The highest BCUT2D eigenvalue weighted by Crippen LogP contribution is 2.16. The van der Waals surface area contributed by atoms with Crippen LogP contribution in [0.25, 0.3) is 12.2 Å². The largest absolute Gasteiger partial charge is 0.493 e. The molecule has 2 aromatic carbocycles. The summed E-state index contributed by atoms with van der Waals surface area (Å²) in [5, 5.41) is 8.91. The van der Waals surface area contributed by atoms with Gasteiger partial charge in [-0.15, -0.1) is 0 Å². The Morgan fingerprint density at radius 1 is 1.00 bits per heavy atom. The smallest absolute Gasteiger partial charge is 0.119 e. The van der Waals surface area contributed by atoms with Crippen molar-refractivity contribution in [2.45, 2.75) is 0 Å². The Hall–Kier alpha value is -2.33. The lowest BCUT2D eigenvalue weighted by Gasteiger charge is -2.11. The summed E-state index contributed by atoms with van der Waals surface area (Å²) in [6.07, 6.45) is 3.99. The third-order valence-corrected chi connectivity index (χ3v) is 3.25. The van der Waals surface area contributed by atoms with E-state index in [1.807, 2.05) is 60.7 Å². The van der Waals surface area contributed by atoms with E-state index >= 15 is 0 Å². The summed E-state index contributed by atoms with van der Waals surface area (Å²) in [7, 11) is 0. The summed E-state index contributed by atoms with van der Waals surface area (Å²) >= 11 is 0. The van der Waals surface area contributed by atoms with Crippen molar-refractivity contribution in [2.75, 3.05) is 25.6 Å². The summed E-state index contributed by atoms with van der Waals surface area (Å²) in [5.74, 6) is 0.196. The maximum absolute atomic E-state index is 12.5. The molecule has 0 heterocycles. The van der Waals surface area contributed by atoms with Gasteiger partial charge in [0.1, 0.15) is 5.75 Å². The summed E-state index contributed by atoms with van der Waals surface area (Å²) in [5.41, 5.74) is 8.49. The Kier molecular flexibility index (Phi) is 5.98. The average molecular weight is 301 g/mol. The summed E-state index contributed by atoms with van der Waals surface area (Å²) < 4.78 is 17.9. The van der Waals surface area contributed by atoms with Crippen molar-refractivity contribution >= 4 is 17.8 Å². The molecular weight excluding hydrogens is 281 g/mol. The highest BCUT2D eigenvalue weighted by Gasteiger charge is 2.07. The first-order valence-corrected chi connectivity index (χ1v) is 7.14. The first kappa shape index (κ1) is 16.0. The van der Waals surface area contributed by atoms with Crippen molar-refractivity contribution < 1.29 is 14.2 Å². The number of aliphatic hydroxyl groups is 1. The first-order valence-electron chi connectivity index (χ1n) is 7.14. The highest BCUT2D eigenvalue weighted by atomic mass is 19.1. The molecule has 0 aliphatic carbocycles. The van der Waals surface area contributed by atoms with Crippen LogP contribution in [0.5, 0.6) is 5.75 Å². The number of anilines is 1.